The van der Waals surface area contributed by atoms with Crippen LogP contribution in [0.25, 0.3) is 0 Å². The monoisotopic (exact) mass is 310 g/mol. The summed E-state index contributed by atoms with van der Waals surface area (Å²) in [6.45, 7) is 12.0. The van der Waals surface area contributed by atoms with Gasteiger partial charge in [0.2, 0.25) is 0 Å². The lowest BCUT2D eigenvalue weighted by molar-refractivity contribution is 0.298. The Balaban J connectivity index is 0. The van der Waals surface area contributed by atoms with E-state index in [0.717, 1.165) is 26.2 Å². The van der Waals surface area contributed by atoms with Gasteiger partial charge in [-0.1, -0.05) is 13.8 Å². The summed E-state index contributed by atoms with van der Waals surface area (Å²) in [7, 11) is 1.99. The third kappa shape index (κ3) is 7.16. The van der Waals surface area contributed by atoms with Crippen LogP contribution in [0.1, 0.15) is 31.5 Å². The summed E-state index contributed by atoms with van der Waals surface area (Å²) in [5, 5.41) is 7.72. The predicted octanol–water partition coefficient (Wildman–Crippen LogP) is 2.39. The Morgan fingerprint density at radius 2 is 1.89 bits per heavy atom. The smallest absolute Gasteiger partial charge is 0.0537 e. The third-order valence-electron chi connectivity index (χ3n) is 3.37. The van der Waals surface area contributed by atoms with Crippen LogP contribution in [-0.2, 0) is 13.6 Å². The van der Waals surface area contributed by atoms with Crippen molar-refractivity contribution in [3.63, 3.8) is 0 Å². The van der Waals surface area contributed by atoms with E-state index in [2.05, 4.69) is 36.1 Å². The molecule has 0 aliphatic rings. The molecule has 1 rings (SSSR count). The Morgan fingerprint density at radius 1 is 1.26 bits per heavy atom. The predicted molar refractivity (Wildman–Crippen MR) is 86.6 cm³/mol. The maximum Gasteiger partial charge on any atom is 0.0537 e. The van der Waals surface area contributed by atoms with E-state index in [1.165, 1.54) is 24.2 Å². The van der Waals surface area contributed by atoms with Crippen LogP contribution in [0.4, 0.5) is 0 Å². The molecule has 0 saturated heterocycles. The van der Waals surface area contributed by atoms with Gasteiger partial charge >= 0.3 is 0 Å². The van der Waals surface area contributed by atoms with Crippen molar-refractivity contribution in [2.45, 2.75) is 33.7 Å². The Labute approximate surface area is 129 Å². The summed E-state index contributed by atoms with van der Waals surface area (Å²) in [6, 6.07) is 0. The van der Waals surface area contributed by atoms with E-state index in [1.807, 2.05) is 17.9 Å². The van der Waals surface area contributed by atoms with Gasteiger partial charge in [0.25, 0.3) is 0 Å². The number of aryl methyl sites for hydroxylation is 1. The molecule has 0 aliphatic heterocycles. The first kappa shape index (κ1) is 21.0. The number of aromatic nitrogens is 2. The van der Waals surface area contributed by atoms with Crippen molar-refractivity contribution in [1.29, 1.82) is 0 Å². The Morgan fingerprint density at radius 3 is 2.37 bits per heavy atom. The van der Waals surface area contributed by atoms with Gasteiger partial charge in [-0.25, -0.2) is 0 Å². The number of nitrogens with zero attached hydrogens (tertiary/aromatic N) is 3. The van der Waals surface area contributed by atoms with Crippen LogP contribution in [0.3, 0.4) is 0 Å². The van der Waals surface area contributed by atoms with Crippen molar-refractivity contribution in [2.75, 3.05) is 26.2 Å². The highest BCUT2D eigenvalue weighted by Gasteiger charge is 2.02. The van der Waals surface area contributed by atoms with Gasteiger partial charge in [0.15, 0.2) is 0 Å². The molecule has 4 nitrogen and oxygen atoms in total. The van der Waals surface area contributed by atoms with Gasteiger partial charge in [0, 0.05) is 24.8 Å². The molecule has 0 aromatic carbocycles. The summed E-state index contributed by atoms with van der Waals surface area (Å²) < 4.78 is 1.92. The van der Waals surface area contributed by atoms with Crippen LogP contribution in [0.5, 0.6) is 0 Å². The molecule has 1 aromatic rings. The largest absolute Gasteiger partial charge is 0.312 e. The molecule has 1 N–H and O–H groups in total. The third-order valence-corrected chi connectivity index (χ3v) is 3.37. The van der Waals surface area contributed by atoms with Gasteiger partial charge in [-0.15, -0.1) is 24.8 Å². The van der Waals surface area contributed by atoms with Crippen molar-refractivity contribution in [1.82, 2.24) is 20.0 Å². The van der Waals surface area contributed by atoms with Crippen molar-refractivity contribution in [2.24, 2.45) is 7.05 Å². The van der Waals surface area contributed by atoms with E-state index in [-0.39, 0.29) is 24.8 Å². The van der Waals surface area contributed by atoms with Crippen LogP contribution in [0.2, 0.25) is 0 Å². The number of nitrogens with one attached hydrogen (secondary N) is 1. The minimum absolute atomic E-state index is 0. The summed E-state index contributed by atoms with van der Waals surface area (Å²) in [4.78, 5) is 2.46. The molecule has 0 atom stereocenters. The van der Waals surface area contributed by atoms with Crippen molar-refractivity contribution < 1.29 is 0 Å². The lowest BCUT2D eigenvalue weighted by Gasteiger charge is -2.17. The second-order valence-corrected chi connectivity index (χ2v) is 4.44. The van der Waals surface area contributed by atoms with Gasteiger partial charge < -0.3 is 10.2 Å². The average molecular weight is 311 g/mol. The molecule has 114 valence electrons. The Kier molecular flexibility index (Phi) is 12.8. The molecule has 1 heterocycles. The zero-order valence-corrected chi connectivity index (χ0v) is 14.1. The van der Waals surface area contributed by atoms with E-state index in [0.29, 0.717) is 0 Å². The quantitative estimate of drug-likeness (QED) is 0.748. The lowest BCUT2D eigenvalue weighted by Crippen LogP contribution is -2.27. The molecule has 0 spiro atoms. The normalized spacial score (nSPS) is 10.2. The highest BCUT2D eigenvalue weighted by Crippen LogP contribution is 2.04. The van der Waals surface area contributed by atoms with Gasteiger partial charge in [0.05, 0.1) is 6.20 Å². The fraction of sp³-hybridized carbons (Fsp3) is 0.769. The number of rotatable bonds is 8. The minimum atomic E-state index is 0. The molecule has 0 amide bonds. The molecule has 0 fully saturated rings. The van der Waals surface area contributed by atoms with Crippen LogP contribution in [0.15, 0.2) is 6.20 Å². The van der Waals surface area contributed by atoms with Crippen molar-refractivity contribution in [3.8, 4) is 0 Å². The molecule has 0 saturated carbocycles. The first-order valence-corrected chi connectivity index (χ1v) is 6.59. The van der Waals surface area contributed by atoms with Gasteiger partial charge in [-0.3, -0.25) is 4.68 Å². The second kappa shape index (κ2) is 11.5. The Bertz CT molecular complexity index is 324. The van der Waals surface area contributed by atoms with Gasteiger partial charge in [-0.05, 0) is 39.5 Å². The summed E-state index contributed by atoms with van der Waals surface area (Å²) in [6.07, 6.45) is 3.16. The Hall–Kier alpha value is -0.290. The first-order chi connectivity index (χ1) is 8.19. The molecule has 19 heavy (non-hydrogen) atoms. The molecule has 0 unspecified atom stereocenters. The van der Waals surface area contributed by atoms with E-state index in [9.17, 15) is 0 Å². The van der Waals surface area contributed by atoms with E-state index >= 15 is 0 Å². The fourth-order valence-corrected chi connectivity index (χ4v) is 1.91. The van der Waals surface area contributed by atoms with Crippen molar-refractivity contribution in [3.05, 3.63) is 17.5 Å². The first-order valence-electron chi connectivity index (χ1n) is 6.59. The van der Waals surface area contributed by atoms with Crippen LogP contribution < -0.4 is 5.32 Å². The summed E-state index contributed by atoms with van der Waals surface area (Å²) in [5.74, 6) is 0. The number of hydrogen-bond donors (Lipinski definition) is 1. The summed E-state index contributed by atoms with van der Waals surface area (Å²) >= 11 is 0. The number of halogens is 2. The SMILES string of the molecule is CCN(CC)CCCNCc1cnn(C)c1C.Cl.Cl. The molecule has 0 aliphatic carbocycles. The standard InChI is InChI=1S/C13H26N4.2ClH/c1-5-17(6-2)9-7-8-14-10-13-11-15-16(4)12(13)3;;/h11,14H,5-10H2,1-4H3;2*1H. The van der Waals surface area contributed by atoms with E-state index in [4.69, 9.17) is 0 Å². The second-order valence-electron chi connectivity index (χ2n) is 4.44. The lowest BCUT2D eigenvalue weighted by atomic mass is 10.2. The zero-order chi connectivity index (χ0) is 12.7. The highest BCUT2D eigenvalue weighted by molar-refractivity contribution is 5.85. The van der Waals surface area contributed by atoms with Crippen LogP contribution in [-0.4, -0.2) is 40.9 Å². The van der Waals surface area contributed by atoms with Gasteiger partial charge in [-0.2, -0.15) is 5.10 Å². The molecule has 6 heteroatoms. The van der Waals surface area contributed by atoms with E-state index < -0.39 is 0 Å². The maximum atomic E-state index is 4.24. The molecule has 0 radical (unpaired) electrons. The average Bonchev–Trinajstić information content (AvgIpc) is 2.65. The number of hydrogen-bond acceptors (Lipinski definition) is 3. The molecule has 1 aromatic heterocycles. The highest BCUT2D eigenvalue weighted by atomic mass is 35.5. The topological polar surface area (TPSA) is 33.1 Å². The molecular weight excluding hydrogens is 283 g/mol. The maximum absolute atomic E-state index is 4.24. The van der Waals surface area contributed by atoms with Crippen molar-refractivity contribution >= 4 is 24.8 Å². The summed E-state index contributed by atoms with van der Waals surface area (Å²) in [5.41, 5.74) is 2.55. The molecular formula is C13H28Cl2N4. The molecule has 0 bridgehead atoms. The fourth-order valence-electron chi connectivity index (χ4n) is 1.91. The van der Waals surface area contributed by atoms with Crippen LogP contribution >= 0.6 is 24.8 Å². The van der Waals surface area contributed by atoms with E-state index in [1.54, 1.807) is 0 Å². The zero-order valence-electron chi connectivity index (χ0n) is 12.5. The van der Waals surface area contributed by atoms with Crippen LogP contribution in [0, 0.1) is 6.92 Å². The van der Waals surface area contributed by atoms with Gasteiger partial charge in [0.1, 0.15) is 0 Å². The minimum Gasteiger partial charge on any atom is -0.312 e.